The molecule has 0 bridgehead atoms. The number of carbonyl (C=O) groups excluding carboxylic acids is 1. The van der Waals surface area contributed by atoms with Gasteiger partial charge in [-0.25, -0.2) is 0 Å². The fourth-order valence-corrected chi connectivity index (χ4v) is 0.354. The van der Waals surface area contributed by atoms with Gasteiger partial charge in [0.05, 0.1) is 0 Å². The van der Waals surface area contributed by atoms with Crippen LogP contribution in [0, 0.1) is 0 Å². The van der Waals surface area contributed by atoms with E-state index < -0.39 is 18.1 Å². The quantitative estimate of drug-likeness (QED) is 0.613. The van der Waals surface area contributed by atoms with Gasteiger partial charge in [-0.15, -0.1) is 0 Å². The van der Waals surface area contributed by atoms with Crippen LogP contribution < -0.4 is 11.1 Å². The molecule has 6 heteroatoms. The summed E-state index contributed by atoms with van der Waals surface area (Å²) in [5.74, 6) is -1.95. The van der Waals surface area contributed by atoms with Gasteiger partial charge in [0.15, 0.2) is 0 Å². The van der Waals surface area contributed by atoms with Crippen molar-refractivity contribution in [2.75, 3.05) is 6.54 Å². The minimum absolute atomic E-state index is 0.168. The molecule has 0 heterocycles. The van der Waals surface area contributed by atoms with Crippen LogP contribution in [0.5, 0.6) is 0 Å². The number of hydrogen-bond donors (Lipinski definition) is 2. The van der Waals surface area contributed by atoms with Gasteiger partial charge in [0.2, 0.25) is 0 Å². The molecule has 0 rings (SSSR count). The van der Waals surface area contributed by atoms with E-state index in [9.17, 15) is 18.0 Å². The second kappa shape index (κ2) is 3.56. The fraction of sp³-hybridized carbons (Fsp3) is 0.800. The van der Waals surface area contributed by atoms with E-state index in [4.69, 9.17) is 5.73 Å². The second-order valence-corrected chi connectivity index (χ2v) is 2.19. The Balaban J connectivity index is 3.71. The molecule has 0 spiro atoms. The Morgan fingerprint density at radius 3 is 2.36 bits per heavy atom. The first-order valence-electron chi connectivity index (χ1n) is 2.94. The van der Waals surface area contributed by atoms with Gasteiger partial charge < -0.3 is 11.1 Å². The number of nitrogens with one attached hydrogen (secondary N) is 1. The Morgan fingerprint density at radius 2 is 2.09 bits per heavy atom. The number of carbonyl (C=O) groups is 1. The summed E-state index contributed by atoms with van der Waals surface area (Å²) in [6.07, 6.45) is -4.81. The maximum atomic E-state index is 11.4. The summed E-state index contributed by atoms with van der Waals surface area (Å²) < 4.78 is 34.3. The van der Waals surface area contributed by atoms with E-state index in [-0.39, 0.29) is 6.54 Å². The lowest BCUT2D eigenvalue weighted by Gasteiger charge is -2.09. The Labute approximate surface area is 61.7 Å². The summed E-state index contributed by atoms with van der Waals surface area (Å²) in [5, 5.41) is 1.63. The van der Waals surface area contributed by atoms with Gasteiger partial charge in [0, 0.05) is 12.6 Å². The summed E-state index contributed by atoms with van der Waals surface area (Å²) in [5.41, 5.74) is 5.10. The van der Waals surface area contributed by atoms with Crippen LogP contribution >= 0.6 is 0 Å². The van der Waals surface area contributed by atoms with Gasteiger partial charge in [0.1, 0.15) is 0 Å². The molecule has 0 aliphatic carbocycles. The summed E-state index contributed by atoms with van der Waals surface area (Å²) in [4.78, 5) is 10.1. The molecule has 1 amide bonds. The van der Waals surface area contributed by atoms with E-state index in [1.54, 1.807) is 5.32 Å². The lowest BCUT2D eigenvalue weighted by Crippen LogP contribution is -2.42. The largest absolute Gasteiger partial charge is 0.471 e. The lowest BCUT2D eigenvalue weighted by molar-refractivity contribution is -0.173. The van der Waals surface area contributed by atoms with E-state index >= 15 is 0 Å². The molecule has 0 unspecified atom stereocenters. The third-order valence-electron chi connectivity index (χ3n) is 0.842. The highest BCUT2D eigenvalue weighted by Crippen LogP contribution is 2.13. The molecule has 0 aromatic rings. The van der Waals surface area contributed by atoms with Crippen LogP contribution in [0.25, 0.3) is 0 Å². The smallest absolute Gasteiger partial charge is 0.347 e. The first kappa shape index (κ1) is 10.2. The maximum absolute atomic E-state index is 11.4. The summed E-state index contributed by atoms with van der Waals surface area (Å²) >= 11 is 0. The lowest BCUT2D eigenvalue weighted by atomic mass is 10.3. The van der Waals surface area contributed by atoms with Crippen LogP contribution in [0.4, 0.5) is 13.2 Å². The molecule has 0 saturated carbocycles. The monoisotopic (exact) mass is 170 g/mol. The fourth-order valence-electron chi connectivity index (χ4n) is 0.354. The SMILES string of the molecule is C[C@H](N)CNC(=O)C(F)(F)F. The van der Waals surface area contributed by atoms with Crippen LogP contribution in [0.1, 0.15) is 6.92 Å². The van der Waals surface area contributed by atoms with Crippen LogP contribution in [0.3, 0.4) is 0 Å². The van der Waals surface area contributed by atoms with E-state index in [0.717, 1.165) is 0 Å². The normalized spacial score (nSPS) is 14.3. The minimum Gasteiger partial charge on any atom is -0.347 e. The van der Waals surface area contributed by atoms with Gasteiger partial charge in [-0.2, -0.15) is 13.2 Å². The average molecular weight is 170 g/mol. The third kappa shape index (κ3) is 4.60. The van der Waals surface area contributed by atoms with Crippen molar-refractivity contribution in [1.82, 2.24) is 5.32 Å². The standard InChI is InChI=1S/C5H9F3N2O/c1-3(9)2-10-4(11)5(6,7)8/h3H,2,9H2,1H3,(H,10,11)/t3-/m0/s1. The van der Waals surface area contributed by atoms with Crippen LogP contribution in [-0.4, -0.2) is 24.7 Å². The number of alkyl halides is 3. The van der Waals surface area contributed by atoms with Crippen molar-refractivity contribution in [3.63, 3.8) is 0 Å². The van der Waals surface area contributed by atoms with Crippen LogP contribution in [0.2, 0.25) is 0 Å². The van der Waals surface area contributed by atoms with E-state index in [1.165, 1.54) is 6.92 Å². The Hall–Kier alpha value is -0.780. The molecular formula is C5H9F3N2O. The maximum Gasteiger partial charge on any atom is 0.471 e. The summed E-state index contributed by atoms with van der Waals surface area (Å²) in [6.45, 7) is 1.33. The molecule has 0 aliphatic heterocycles. The van der Waals surface area contributed by atoms with Gasteiger partial charge in [-0.3, -0.25) is 4.79 Å². The summed E-state index contributed by atoms with van der Waals surface area (Å²) in [7, 11) is 0. The number of rotatable bonds is 2. The van der Waals surface area contributed by atoms with Crippen molar-refractivity contribution in [3.8, 4) is 0 Å². The third-order valence-corrected chi connectivity index (χ3v) is 0.842. The number of amides is 1. The Kier molecular flexibility index (Phi) is 3.31. The summed E-state index contributed by atoms with van der Waals surface area (Å²) in [6, 6.07) is -0.471. The Morgan fingerprint density at radius 1 is 1.64 bits per heavy atom. The minimum atomic E-state index is -4.81. The van der Waals surface area contributed by atoms with E-state index in [2.05, 4.69) is 0 Å². The molecule has 11 heavy (non-hydrogen) atoms. The molecule has 0 aliphatic rings. The molecule has 66 valence electrons. The highest BCUT2D eigenvalue weighted by Gasteiger charge is 2.38. The first-order valence-corrected chi connectivity index (χ1v) is 2.94. The van der Waals surface area contributed by atoms with Gasteiger partial charge >= 0.3 is 12.1 Å². The molecule has 0 aromatic carbocycles. The topological polar surface area (TPSA) is 55.1 Å². The Bertz CT molecular complexity index is 143. The molecule has 3 nitrogen and oxygen atoms in total. The second-order valence-electron chi connectivity index (χ2n) is 2.19. The van der Waals surface area contributed by atoms with Gasteiger partial charge in [-0.1, -0.05) is 0 Å². The zero-order chi connectivity index (χ0) is 9.07. The number of nitrogens with two attached hydrogens (primary N) is 1. The van der Waals surface area contributed by atoms with Crippen LogP contribution in [-0.2, 0) is 4.79 Å². The van der Waals surface area contributed by atoms with Crippen molar-refractivity contribution >= 4 is 5.91 Å². The molecule has 0 fully saturated rings. The predicted octanol–water partition coefficient (Wildman–Crippen LogP) is 0.0121. The van der Waals surface area contributed by atoms with Crippen LogP contribution in [0.15, 0.2) is 0 Å². The zero-order valence-corrected chi connectivity index (χ0v) is 5.90. The van der Waals surface area contributed by atoms with Gasteiger partial charge in [0.25, 0.3) is 0 Å². The van der Waals surface area contributed by atoms with Gasteiger partial charge in [-0.05, 0) is 6.92 Å². The van der Waals surface area contributed by atoms with Crippen molar-refractivity contribution in [3.05, 3.63) is 0 Å². The molecule has 3 N–H and O–H groups in total. The first-order chi connectivity index (χ1) is 4.84. The van der Waals surface area contributed by atoms with Crippen molar-refractivity contribution in [2.24, 2.45) is 5.73 Å². The van der Waals surface area contributed by atoms with Crippen molar-refractivity contribution in [2.45, 2.75) is 19.1 Å². The molecule has 0 radical (unpaired) electrons. The molecular weight excluding hydrogens is 161 g/mol. The molecule has 1 atom stereocenters. The van der Waals surface area contributed by atoms with E-state index in [1.807, 2.05) is 0 Å². The number of hydrogen-bond acceptors (Lipinski definition) is 2. The number of halogens is 3. The van der Waals surface area contributed by atoms with Crippen molar-refractivity contribution in [1.29, 1.82) is 0 Å². The molecule has 0 saturated heterocycles. The predicted molar refractivity (Wildman–Crippen MR) is 32.7 cm³/mol. The molecule has 0 aromatic heterocycles. The average Bonchev–Trinajstić information content (AvgIpc) is 1.80. The van der Waals surface area contributed by atoms with Crippen molar-refractivity contribution < 1.29 is 18.0 Å². The zero-order valence-electron chi connectivity index (χ0n) is 5.90. The van der Waals surface area contributed by atoms with E-state index in [0.29, 0.717) is 0 Å². The highest BCUT2D eigenvalue weighted by atomic mass is 19.4. The highest BCUT2D eigenvalue weighted by molar-refractivity contribution is 5.81.